The SMILES string of the molecule is O=S(=O)(Nc1cscn1)c1cc(Cl)c(Oc2ccc(-c3ccccc3F)nc2-c2ccoc2)cc1F. The van der Waals surface area contributed by atoms with Gasteiger partial charge in [-0.2, -0.15) is 0 Å². The number of furan rings is 1. The molecule has 7 nitrogen and oxygen atoms in total. The Labute approximate surface area is 213 Å². The van der Waals surface area contributed by atoms with Crippen molar-refractivity contribution in [2.24, 2.45) is 0 Å². The zero-order valence-corrected chi connectivity index (χ0v) is 20.4. The highest BCUT2D eigenvalue weighted by molar-refractivity contribution is 7.92. The lowest BCUT2D eigenvalue weighted by Crippen LogP contribution is -2.15. The Morgan fingerprint density at radius 1 is 1.03 bits per heavy atom. The molecule has 3 aromatic heterocycles. The van der Waals surface area contributed by atoms with Crippen molar-refractivity contribution >= 4 is 38.8 Å². The van der Waals surface area contributed by atoms with Gasteiger partial charge in [0.15, 0.2) is 11.6 Å². The van der Waals surface area contributed by atoms with Gasteiger partial charge in [0, 0.05) is 22.6 Å². The van der Waals surface area contributed by atoms with Crippen LogP contribution in [0.5, 0.6) is 11.5 Å². The molecule has 0 saturated carbocycles. The first-order chi connectivity index (χ1) is 17.3. The van der Waals surface area contributed by atoms with Crippen LogP contribution in [-0.4, -0.2) is 18.4 Å². The molecule has 0 spiro atoms. The molecule has 0 aliphatic carbocycles. The second-order valence-corrected chi connectivity index (χ2v) is 10.1. The Kier molecular flexibility index (Phi) is 6.44. The van der Waals surface area contributed by atoms with E-state index in [1.807, 2.05) is 0 Å². The lowest BCUT2D eigenvalue weighted by molar-refractivity contribution is 0.473. The van der Waals surface area contributed by atoms with E-state index < -0.39 is 26.6 Å². The summed E-state index contributed by atoms with van der Waals surface area (Å²) in [5, 5.41) is 1.30. The lowest BCUT2D eigenvalue weighted by Gasteiger charge is -2.14. The molecule has 0 aliphatic heterocycles. The minimum absolute atomic E-state index is 0.0571. The Morgan fingerprint density at radius 2 is 1.86 bits per heavy atom. The van der Waals surface area contributed by atoms with Crippen LogP contribution in [-0.2, 0) is 10.0 Å². The molecule has 0 fully saturated rings. The van der Waals surface area contributed by atoms with Crippen LogP contribution in [0.3, 0.4) is 0 Å². The quantitative estimate of drug-likeness (QED) is 0.237. The van der Waals surface area contributed by atoms with E-state index in [4.69, 9.17) is 20.8 Å². The summed E-state index contributed by atoms with van der Waals surface area (Å²) in [6, 6.07) is 12.7. The van der Waals surface area contributed by atoms with Gasteiger partial charge < -0.3 is 9.15 Å². The summed E-state index contributed by atoms with van der Waals surface area (Å²) in [5.41, 5.74) is 2.85. The number of halogens is 3. The van der Waals surface area contributed by atoms with E-state index in [9.17, 15) is 17.2 Å². The first kappa shape index (κ1) is 23.9. The van der Waals surface area contributed by atoms with Gasteiger partial charge >= 0.3 is 0 Å². The maximum absolute atomic E-state index is 14.9. The molecule has 0 radical (unpaired) electrons. The third kappa shape index (κ3) is 4.81. The van der Waals surface area contributed by atoms with Crippen LogP contribution < -0.4 is 9.46 Å². The molecule has 0 amide bonds. The fourth-order valence-corrected chi connectivity index (χ4v) is 5.23. The van der Waals surface area contributed by atoms with Crippen molar-refractivity contribution in [2.45, 2.75) is 4.90 Å². The first-order valence-corrected chi connectivity index (χ1v) is 13.0. The number of rotatable bonds is 7. The van der Waals surface area contributed by atoms with E-state index in [-0.39, 0.29) is 33.6 Å². The number of nitrogens with one attached hydrogen (secondary N) is 1. The van der Waals surface area contributed by atoms with Crippen molar-refractivity contribution < 1.29 is 26.4 Å². The fraction of sp³-hybridized carbons (Fsp3) is 0. The van der Waals surface area contributed by atoms with E-state index in [0.717, 1.165) is 12.1 Å². The largest absolute Gasteiger partial charge is 0.472 e. The highest BCUT2D eigenvalue weighted by Gasteiger charge is 2.24. The summed E-state index contributed by atoms with van der Waals surface area (Å²) in [7, 11) is -4.29. The maximum atomic E-state index is 14.9. The molecule has 5 aromatic rings. The average Bonchev–Trinajstić information content (AvgIpc) is 3.56. The summed E-state index contributed by atoms with van der Waals surface area (Å²) < 4.78 is 67.7. The van der Waals surface area contributed by atoms with E-state index in [2.05, 4.69) is 14.7 Å². The van der Waals surface area contributed by atoms with Crippen molar-refractivity contribution in [3.05, 3.63) is 94.7 Å². The van der Waals surface area contributed by atoms with Gasteiger partial charge in [-0.15, -0.1) is 11.3 Å². The predicted molar refractivity (Wildman–Crippen MR) is 132 cm³/mol. The Balaban J connectivity index is 1.52. The molecule has 0 atom stereocenters. The average molecular weight is 546 g/mol. The van der Waals surface area contributed by atoms with E-state index >= 15 is 0 Å². The zero-order valence-electron chi connectivity index (χ0n) is 18.0. The number of nitrogens with zero attached hydrogens (tertiary/aromatic N) is 2. The van der Waals surface area contributed by atoms with Gasteiger partial charge in [-0.1, -0.05) is 23.7 Å². The number of ether oxygens (including phenoxy) is 1. The molecule has 0 saturated heterocycles. The third-order valence-corrected chi connectivity index (χ3v) is 7.22. The van der Waals surface area contributed by atoms with Crippen LogP contribution in [0.4, 0.5) is 14.6 Å². The van der Waals surface area contributed by atoms with Crippen LogP contribution in [0.15, 0.2) is 87.3 Å². The Bertz CT molecular complexity index is 1640. The van der Waals surface area contributed by atoms with Gasteiger partial charge in [0.2, 0.25) is 0 Å². The van der Waals surface area contributed by atoms with Crippen molar-refractivity contribution in [3.8, 4) is 34.0 Å². The molecule has 1 N–H and O–H groups in total. The number of hydrogen-bond donors (Lipinski definition) is 1. The predicted octanol–water partition coefficient (Wildman–Crippen LogP) is 6.99. The third-order valence-electron chi connectivity index (χ3n) is 4.97. The Hall–Kier alpha value is -3.80. The standard InChI is InChI=1S/C24H14ClF2N3O4S2/c25-16-9-22(36(31,32)30-23-12-35-13-28-23)18(27)10-21(16)34-20-6-5-19(15-3-1-2-4-17(15)26)29-24(20)14-7-8-33-11-14/h1-13,30H. The van der Waals surface area contributed by atoms with Crippen LogP contribution in [0.1, 0.15) is 0 Å². The number of anilines is 1. The van der Waals surface area contributed by atoms with Gasteiger partial charge in [-0.05, 0) is 36.4 Å². The smallest absolute Gasteiger partial charge is 0.266 e. The normalized spacial score (nSPS) is 11.4. The lowest BCUT2D eigenvalue weighted by atomic mass is 10.1. The number of sulfonamides is 1. The highest BCUT2D eigenvalue weighted by atomic mass is 35.5. The molecule has 5 rings (SSSR count). The van der Waals surface area contributed by atoms with Gasteiger partial charge in [-0.25, -0.2) is 27.2 Å². The Morgan fingerprint density at radius 3 is 2.58 bits per heavy atom. The van der Waals surface area contributed by atoms with E-state index in [1.165, 1.54) is 53.0 Å². The van der Waals surface area contributed by atoms with Crippen LogP contribution >= 0.6 is 22.9 Å². The number of hydrogen-bond acceptors (Lipinski definition) is 7. The number of thiazole rings is 1. The van der Waals surface area contributed by atoms with Gasteiger partial charge in [0.05, 0.1) is 28.8 Å². The molecule has 36 heavy (non-hydrogen) atoms. The van der Waals surface area contributed by atoms with Crippen molar-refractivity contribution in [1.29, 1.82) is 0 Å². The molecule has 12 heteroatoms. The van der Waals surface area contributed by atoms with Gasteiger partial charge in [0.25, 0.3) is 10.0 Å². The number of benzene rings is 2. The maximum Gasteiger partial charge on any atom is 0.266 e. The van der Waals surface area contributed by atoms with Gasteiger partial charge in [0.1, 0.15) is 28.0 Å². The van der Waals surface area contributed by atoms with Gasteiger partial charge in [-0.3, -0.25) is 4.72 Å². The molecule has 0 bridgehead atoms. The van der Waals surface area contributed by atoms with E-state index in [0.29, 0.717) is 11.3 Å². The second kappa shape index (κ2) is 9.69. The summed E-state index contributed by atoms with van der Waals surface area (Å²) in [5.74, 6) is -1.47. The zero-order chi connectivity index (χ0) is 25.3. The topological polar surface area (TPSA) is 94.3 Å². The van der Waals surface area contributed by atoms with Crippen LogP contribution in [0.2, 0.25) is 5.02 Å². The molecule has 0 unspecified atom stereocenters. The van der Waals surface area contributed by atoms with Crippen LogP contribution in [0.25, 0.3) is 22.5 Å². The summed E-state index contributed by atoms with van der Waals surface area (Å²) >= 11 is 7.45. The molecule has 3 heterocycles. The molecular weight excluding hydrogens is 532 g/mol. The van der Waals surface area contributed by atoms with Crippen molar-refractivity contribution in [3.63, 3.8) is 0 Å². The minimum Gasteiger partial charge on any atom is -0.472 e. The summed E-state index contributed by atoms with van der Waals surface area (Å²) in [4.78, 5) is 7.68. The number of pyridine rings is 1. The fourth-order valence-electron chi connectivity index (χ4n) is 3.32. The summed E-state index contributed by atoms with van der Waals surface area (Å²) in [6.45, 7) is 0. The first-order valence-electron chi connectivity index (χ1n) is 10.2. The number of aromatic nitrogens is 2. The minimum atomic E-state index is -4.29. The molecule has 0 aliphatic rings. The summed E-state index contributed by atoms with van der Waals surface area (Å²) in [6.07, 6.45) is 2.85. The van der Waals surface area contributed by atoms with Crippen LogP contribution in [0, 0.1) is 11.6 Å². The molecule has 2 aromatic carbocycles. The van der Waals surface area contributed by atoms with E-state index in [1.54, 1.807) is 24.3 Å². The highest BCUT2D eigenvalue weighted by Crippen LogP contribution is 2.39. The molecule has 182 valence electrons. The van der Waals surface area contributed by atoms with Crippen molar-refractivity contribution in [1.82, 2.24) is 9.97 Å². The molecular formula is C24H14ClF2N3O4S2. The second-order valence-electron chi connectivity index (χ2n) is 7.33. The monoisotopic (exact) mass is 545 g/mol. The van der Waals surface area contributed by atoms with Crippen molar-refractivity contribution in [2.75, 3.05) is 4.72 Å².